The van der Waals surface area contributed by atoms with Crippen molar-refractivity contribution < 1.29 is 14.3 Å². The zero-order valence-corrected chi connectivity index (χ0v) is 16.8. The van der Waals surface area contributed by atoms with Crippen molar-refractivity contribution in [2.75, 3.05) is 24.6 Å². The average Bonchev–Trinajstić information content (AvgIpc) is 2.69. The molecular weight excluding hydrogens is 366 g/mol. The smallest absolute Gasteiger partial charge is 0.339 e. The lowest BCUT2D eigenvalue weighted by molar-refractivity contribution is -0.0383. The zero-order chi connectivity index (χ0) is 19.8. The molecule has 1 spiro atoms. The molecule has 0 bridgehead atoms. The number of carbonyl (C=O) groups excluding carboxylic acids is 1. The summed E-state index contributed by atoms with van der Waals surface area (Å²) in [6, 6.07) is 12.9. The summed E-state index contributed by atoms with van der Waals surface area (Å²) in [5, 5.41) is 3.86. The number of carbonyl (C=O) groups is 1. The van der Waals surface area contributed by atoms with Crippen LogP contribution in [0.1, 0.15) is 54.6 Å². The van der Waals surface area contributed by atoms with Gasteiger partial charge in [0.2, 0.25) is 0 Å². The Labute approximate surface area is 171 Å². The van der Waals surface area contributed by atoms with Crippen molar-refractivity contribution >= 4 is 11.8 Å². The lowest BCUT2D eigenvalue weighted by atomic mass is 9.72. The first kappa shape index (κ1) is 18.4. The summed E-state index contributed by atoms with van der Waals surface area (Å²) in [6.45, 7) is 4.00. The number of benzene rings is 1. The topological polar surface area (TPSA) is 63.7 Å². The number of hydrogen-bond acceptors (Lipinski definition) is 6. The molecule has 5 rings (SSSR count). The molecule has 2 aliphatic heterocycles. The molecular formula is C23H27N3O3. The van der Waals surface area contributed by atoms with Crippen LogP contribution in [0.3, 0.4) is 0 Å². The van der Waals surface area contributed by atoms with E-state index in [1.807, 2.05) is 6.07 Å². The molecule has 1 unspecified atom stereocenters. The lowest BCUT2D eigenvalue weighted by Gasteiger charge is -2.50. The third-order valence-electron chi connectivity index (χ3n) is 6.36. The van der Waals surface area contributed by atoms with Crippen molar-refractivity contribution in [3.63, 3.8) is 0 Å². The van der Waals surface area contributed by atoms with Crippen molar-refractivity contribution in [2.45, 2.75) is 50.3 Å². The van der Waals surface area contributed by atoms with Crippen LogP contribution >= 0.6 is 0 Å². The van der Waals surface area contributed by atoms with E-state index < -0.39 is 0 Å². The number of aromatic nitrogens is 1. The van der Waals surface area contributed by atoms with Gasteiger partial charge in [0.05, 0.1) is 12.2 Å². The van der Waals surface area contributed by atoms with Crippen LogP contribution in [0.4, 0.5) is 5.82 Å². The first-order chi connectivity index (χ1) is 14.2. The summed E-state index contributed by atoms with van der Waals surface area (Å²) < 4.78 is 11.4. The number of hydrogen-bond donors (Lipinski definition) is 1. The van der Waals surface area contributed by atoms with Crippen molar-refractivity contribution in [1.82, 2.24) is 10.3 Å². The predicted octanol–water partition coefficient (Wildman–Crippen LogP) is 3.48. The third kappa shape index (κ3) is 3.46. The van der Waals surface area contributed by atoms with E-state index in [1.54, 1.807) is 19.2 Å². The van der Waals surface area contributed by atoms with Crippen molar-refractivity contribution in [2.24, 2.45) is 0 Å². The highest BCUT2D eigenvalue weighted by Crippen LogP contribution is 2.49. The van der Waals surface area contributed by atoms with Crippen LogP contribution in [-0.2, 0) is 4.74 Å². The maximum atomic E-state index is 11.8. The van der Waals surface area contributed by atoms with Gasteiger partial charge in [0.1, 0.15) is 17.2 Å². The van der Waals surface area contributed by atoms with Crippen LogP contribution in [0.25, 0.3) is 0 Å². The second kappa shape index (κ2) is 7.34. The number of para-hydroxylation sites is 1. The maximum Gasteiger partial charge on any atom is 0.339 e. The Kier molecular flexibility index (Phi) is 4.66. The fourth-order valence-electron chi connectivity index (χ4n) is 4.61. The molecule has 1 aliphatic carbocycles. The van der Waals surface area contributed by atoms with Gasteiger partial charge in [-0.3, -0.25) is 0 Å². The third-order valence-corrected chi connectivity index (χ3v) is 6.36. The molecule has 1 N–H and O–H groups in total. The number of fused-ring (bicyclic) bond motifs is 1. The summed E-state index contributed by atoms with van der Waals surface area (Å²) in [7, 11) is 0. The van der Waals surface area contributed by atoms with E-state index in [0.29, 0.717) is 24.3 Å². The molecule has 152 valence electrons. The summed E-state index contributed by atoms with van der Waals surface area (Å²) in [5.41, 5.74) is 1.82. The van der Waals surface area contributed by atoms with Crippen LogP contribution in [0.5, 0.6) is 5.75 Å². The minimum Gasteiger partial charge on any atom is -0.487 e. The van der Waals surface area contributed by atoms with E-state index in [2.05, 4.69) is 39.5 Å². The van der Waals surface area contributed by atoms with Crippen molar-refractivity contribution in [1.29, 1.82) is 0 Å². The Morgan fingerprint density at radius 1 is 1.28 bits per heavy atom. The van der Waals surface area contributed by atoms with Gasteiger partial charge in [-0.2, -0.15) is 0 Å². The van der Waals surface area contributed by atoms with Gasteiger partial charge < -0.3 is 19.7 Å². The highest BCUT2D eigenvalue weighted by molar-refractivity contribution is 5.89. The Morgan fingerprint density at radius 2 is 2.10 bits per heavy atom. The standard InChI is InChI=1S/C23H27N3O3/c1-2-28-22(27)16-8-9-21(24-13-16)26-14-17(15-26)25-19-12-23(10-5-11-23)29-20-7-4-3-6-18(19)20/h3-4,6-9,13,17,19,25H,2,5,10-12,14-15H2,1H3. The van der Waals surface area contributed by atoms with Gasteiger partial charge in [-0.25, -0.2) is 9.78 Å². The number of nitrogens with zero attached hydrogens (tertiary/aromatic N) is 2. The average molecular weight is 393 g/mol. The molecule has 1 saturated carbocycles. The molecule has 6 heteroatoms. The zero-order valence-electron chi connectivity index (χ0n) is 16.8. The first-order valence-corrected chi connectivity index (χ1v) is 10.6. The molecule has 2 aromatic rings. The minimum atomic E-state index is -0.321. The van der Waals surface area contributed by atoms with Crippen LogP contribution in [0.15, 0.2) is 42.6 Å². The molecule has 0 radical (unpaired) electrons. The molecule has 3 heterocycles. The highest BCUT2D eigenvalue weighted by Gasteiger charge is 2.46. The Bertz CT molecular complexity index is 888. The van der Waals surface area contributed by atoms with Gasteiger partial charge in [0.15, 0.2) is 0 Å². The summed E-state index contributed by atoms with van der Waals surface area (Å²) in [4.78, 5) is 18.4. The van der Waals surface area contributed by atoms with Gasteiger partial charge in [0.25, 0.3) is 0 Å². The summed E-state index contributed by atoms with van der Waals surface area (Å²) in [5.74, 6) is 1.63. The molecule has 6 nitrogen and oxygen atoms in total. The second-order valence-electron chi connectivity index (χ2n) is 8.33. The molecule has 29 heavy (non-hydrogen) atoms. The normalized spacial score (nSPS) is 22.2. The largest absolute Gasteiger partial charge is 0.487 e. The van der Waals surface area contributed by atoms with E-state index >= 15 is 0 Å². The Balaban J connectivity index is 1.21. The molecule has 2 fully saturated rings. The highest BCUT2D eigenvalue weighted by atomic mass is 16.5. The molecule has 0 amide bonds. The first-order valence-electron chi connectivity index (χ1n) is 10.6. The van der Waals surface area contributed by atoms with E-state index in [0.717, 1.165) is 43.9 Å². The van der Waals surface area contributed by atoms with E-state index in [4.69, 9.17) is 9.47 Å². The van der Waals surface area contributed by atoms with Crippen molar-refractivity contribution in [3.05, 3.63) is 53.7 Å². The molecule has 1 aromatic carbocycles. The molecule has 1 saturated heterocycles. The van der Waals surface area contributed by atoms with E-state index in [1.165, 1.54) is 12.0 Å². The fraction of sp³-hybridized carbons (Fsp3) is 0.478. The molecule has 1 aromatic heterocycles. The quantitative estimate of drug-likeness (QED) is 0.785. The number of nitrogens with one attached hydrogen (secondary N) is 1. The number of rotatable bonds is 5. The van der Waals surface area contributed by atoms with Gasteiger partial charge in [-0.1, -0.05) is 18.2 Å². The Morgan fingerprint density at radius 3 is 2.79 bits per heavy atom. The van der Waals surface area contributed by atoms with Gasteiger partial charge in [-0.15, -0.1) is 0 Å². The van der Waals surface area contributed by atoms with Gasteiger partial charge in [0, 0.05) is 43.4 Å². The predicted molar refractivity (Wildman–Crippen MR) is 110 cm³/mol. The lowest BCUT2D eigenvalue weighted by Crippen LogP contribution is -2.60. The van der Waals surface area contributed by atoms with Crippen LogP contribution in [-0.4, -0.2) is 42.3 Å². The van der Waals surface area contributed by atoms with Crippen molar-refractivity contribution in [3.8, 4) is 5.75 Å². The Hall–Kier alpha value is -2.60. The number of ether oxygens (including phenoxy) is 2. The molecule has 3 aliphatic rings. The van der Waals surface area contributed by atoms with E-state index in [9.17, 15) is 4.79 Å². The fourth-order valence-corrected chi connectivity index (χ4v) is 4.61. The second-order valence-corrected chi connectivity index (χ2v) is 8.33. The van der Waals surface area contributed by atoms with Crippen LogP contribution < -0.4 is 15.0 Å². The van der Waals surface area contributed by atoms with Gasteiger partial charge >= 0.3 is 5.97 Å². The minimum absolute atomic E-state index is 0.0416. The molecule has 1 atom stereocenters. The summed E-state index contributed by atoms with van der Waals surface area (Å²) >= 11 is 0. The number of anilines is 1. The van der Waals surface area contributed by atoms with Crippen LogP contribution in [0, 0.1) is 0 Å². The monoisotopic (exact) mass is 393 g/mol. The van der Waals surface area contributed by atoms with Crippen LogP contribution in [0.2, 0.25) is 0 Å². The maximum absolute atomic E-state index is 11.8. The van der Waals surface area contributed by atoms with Gasteiger partial charge in [-0.05, 0) is 44.4 Å². The summed E-state index contributed by atoms with van der Waals surface area (Å²) in [6.07, 6.45) is 6.23. The SMILES string of the molecule is CCOC(=O)c1ccc(N2CC(NC3CC4(CCC4)Oc4ccccc43)C2)nc1. The number of pyridine rings is 1. The number of esters is 1. The van der Waals surface area contributed by atoms with E-state index in [-0.39, 0.29) is 11.6 Å².